The van der Waals surface area contributed by atoms with E-state index in [1.54, 1.807) is 5.57 Å². The Morgan fingerprint density at radius 1 is 1.12 bits per heavy atom. The molecular weight excluding hydrogens is 208 g/mol. The summed E-state index contributed by atoms with van der Waals surface area (Å²) in [7, 11) is 0. The molecule has 0 atom stereocenters. The highest BCUT2D eigenvalue weighted by molar-refractivity contribution is 5.83. The first-order valence-electron chi connectivity index (χ1n) is 6.37. The summed E-state index contributed by atoms with van der Waals surface area (Å²) < 4.78 is 0. The van der Waals surface area contributed by atoms with Crippen LogP contribution in [-0.4, -0.2) is 18.1 Å². The van der Waals surface area contributed by atoms with E-state index in [0.717, 1.165) is 19.5 Å². The van der Waals surface area contributed by atoms with Crippen molar-refractivity contribution < 1.29 is 0 Å². The lowest BCUT2D eigenvalue weighted by Gasteiger charge is -2.13. The Labute approximate surface area is 102 Å². The average Bonchev–Trinajstić information content (AvgIpc) is 2.81. The molecule has 1 aliphatic heterocycles. The number of aryl methyl sites for hydroxylation is 1. The lowest BCUT2D eigenvalue weighted by Crippen LogP contribution is -2.20. The molecule has 2 aromatic rings. The smallest absolute Gasteiger partial charge is 0.0456 e. The van der Waals surface area contributed by atoms with Gasteiger partial charge in [0.25, 0.3) is 0 Å². The third-order valence-electron chi connectivity index (χ3n) is 3.55. The highest BCUT2D eigenvalue weighted by Crippen LogP contribution is 2.21. The summed E-state index contributed by atoms with van der Waals surface area (Å²) >= 11 is 0. The lowest BCUT2D eigenvalue weighted by molar-refractivity contribution is 0.678. The van der Waals surface area contributed by atoms with Gasteiger partial charge in [0, 0.05) is 23.6 Å². The molecule has 2 heterocycles. The number of para-hydroxylation sites is 1. The Morgan fingerprint density at radius 2 is 2.06 bits per heavy atom. The quantitative estimate of drug-likeness (QED) is 0.774. The molecule has 1 aromatic carbocycles. The molecule has 0 bridgehead atoms. The van der Waals surface area contributed by atoms with Crippen LogP contribution in [0.4, 0.5) is 0 Å². The van der Waals surface area contributed by atoms with Crippen LogP contribution in [-0.2, 0) is 6.42 Å². The summed E-state index contributed by atoms with van der Waals surface area (Å²) in [6.45, 7) is 2.18. The van der Waals surface area contributed by atoms with Crippen LogP contribution in [0.15, 0.2) is 42.1 Å². The van der Waals surface area contributed by atoms with E-state index in [2.05, 4.69) is 46.8 Å². The minimum atomic E-state index is 1.04. The number of fused-ring (bicyclic) bond motifs is 1. The van der Waals surface area contributed by atoms with Crippen molar-refractivity contribution in [2.75, 3.05) is 13.1 Å². The van der Waals surface area contributed by atoms with Gasteiger partial charge in [0.2, 0.25) is 0 Å². The first-order valence-corrected chi connectivity index (χ1v) is 6.37. The van der Waals surface area contributed by atoms with Gasteiger partial charge in [0.05, 0.1) is 0 Å². The second-order valence-corrected chi connectivity index (χ2v) is 4.68. The van der Waals surface area contributed by atoms with Crippen molar-refractivity contribution in [3.63, 3.8) is 0 Å². The molecule has 0 amide bonds. The summed E-state index contributed by atoms with van der Waals surface area (Å²) in [5.41, 5.74) is 4.30. The maximum Gasteiger partial charge on any atom is 0.0456 e. The predicted molar refractivity (Wildman–Crippen MR) is 72.2 cm³/mol. The number of hydrogen-bond acceptors (Lipinski definition) is 1. The van der Waals surface area contributed by atoms with Crippen molar-refractivity contribution in [3.8, 4) is 0 Å². The number of nitrogens with one attached hydrogen (secondary N) is 2. The number of aromatic amines is 1. The van der Waals surface area contributed by atoms with E-state index in [4.69, 9.17) is 0 Å². The van der Waals surface area contributed by atoms with Crippen molar-refractivity contribution in [2.24, 2.45) is 0 Å². The molecule has 0 unspecified atom stereocenters. The summed E-state index contributed by atoms with van der Waals surface area (Å²) in [4.78, 5) is 3.34. The third kappa shape index (κ3) is 2.27. The minimum Gasteiger partial charge on any atom is -0.361 e. The molecule has 0 saturated heterocycles. The Bertz CT molecular complexity index is 537. The fourth-order valence-electron chi connectivity index (χ4n) is 2.53. The predicted octanol–water partition coefficient (Wildman–Crippen LogP) is 3.02. The lowest BCUT2D eigenvalue weighted by atomic mass is 10.00. The first-order chi connectivity index (χ1) is 8.43. The molecular formula is C15H18N2. The Balaban J connectivity index is 1.74. The van der Waals surface area contributed by atoms with Gasteiger partial charge in [-0.05, 0) is 37.4 Å². The molecule has 2 nitrogen and oxygen atoms in total. The van der Waals surface area contributed by atoms with Crippen LogP contribution in [0.2, 0.25) is 0 Å². The zero-order valence-corrected chi connectivity index (χ0v) is 10.00. The SMILES string of the molecule is C1=C(CCc2c[nH]c3ccccc23)CCNC1. The van der Waals surface area contributed by atoms with Crippen LogP contribution >= 0.6 is 0 Å². The third-order valence-corrected chi connectivity index (χ3v) is 3.55. The van der Waals surface area contributed by atoms with Gasteiger partial charge in [-0.3, -0.25) is 0 Å². The van der Waals surface area contributed by atoms with E-state index in [-0.39, 0.29) is 0 Å². The number of aromatic nitrogens is 1. The number of rotatable bonds is 3. The standard InChI is InChI=1S/C15H18N2/c1-2-4-15-14(3-1)13(11-17-15)6-5-12-7-9-16-10-8-12/h1-4,7,11,16-17H,5-6,8-10H2. The molecule has 0 fully saturated rings. The molecule has 1 aliphatic rings. The van der Waals surface area contributed by atoms with Gasteiger partial charge >= 0.3 is 0 Å². The Kier molecular flexibility index (Phi) is 2.97. The van der Waals surface area contributed by atoms with Gasteiger partial charge in [0.15, 0.2) is 0 Å². The summed E-state index contributed by atoms with van der Waals surface area (Å²) in [5, 5.41) is 4.73. The van der Waals surface area contributed by atoms with Crippen LogP contribution in [0.5, 0.6) is 0 Å². The summed E-state index contributed by atoms with van der Waals surface area (Å²) in [5.74, 6) is 0. The van der Waals surface area contributed by atoms with Crippen molar-refractivity contribution in [2.45, 2.75) is 19.3 Å². The molecule has 0 saturated carbocycles. The molecule has 3 rings (SSSR count). The van der Waals surface area contributed by atoms with Crippen molar-refractivity contribution in [1.29, 1.82) is 0 Å². The largest absolute Gasteiger partial charge is 0.361 e. The maximum atomic E-state index is 3.35. The van der Waals surface area contributed by atoms with Crippen LogP contribution in [0.3, 0.4) is 0 Å². The minimum absolute atomic E-state index is 1.04. The first kappa shape index (κ1) is 10.6. The highest BCUT2D eigenvalue weighted by atomic mass is 14.8. The van der Waals surface area contributed by atoms with Crippen molar-refractivity contribution in [1.82, 2.24) is 10.3 Å². The normalized spacial score (nSPS) is 16.1. The van der Waals surface area contributed by atoms with Crippen molar-refractivity contribution in [3.05, 3.63) is 47.7 Å². The van der Waals surface area contributed by atoms with Crippen LogP contribution in [0.25, 0.3) is 10.9 Å². The molecule has 0 spiro atoms. The second-order valence-electron chi connectivity index (χ2n) is 4.68. The molecule has 1 aromatic heterocycles. The van der Waals surface area contributed by atoms with Gasteiger partial charge in [-0.2, -0.15) is 0 Å². The molecule has 0 radical (unpaired) electrons. The zero-order chi connectivity index (χ0) is 11.5. The highest BCUT2D eigenvalue weighted by Gasteiger charge is 2.06. The molecule has 0 aliphatic carbocycles. The monoisotopic (exact) mass is 226 g/mol. The van der Waals surface area contributed by atoms with Gasteiger partial charge in [-0.15, -0.1) is 0 Å². The zero-order valence-electron chi connectivity index (χ0n) is 10.00. The topological polar surface area (TPSA) is 27.8 Å². The van der Waals surface area contributed by atoms with E-state index < -0.39 is 0 Å². The number of benzene rings is 1. The molecule has 17 heavy (non-hydrogen) atoms. The molecule has 2 heteroatoms. The van der Waals surface area contributed by atoms with Gasteiger partial charge in [-0.1, -0.05) is 29.8 Å². The molecule has 2 N–H and O–H groups in total. The van der Waals surface area contributed by atoms with Crippen LogP contribution in [0, 0.1) is 0 Å². The van der Waals surface area contributed by atoms with Crippen LogP contribution in [0.1, 0.15) is 18.4 Å². The van der Waals surface area contributed by atoms with E-state index in [0.29, 0.717) is 0 Å². The second kappa shape index (κ2) is 4.76. The van der Waals surface area contributed by atoms with E-state index in [9.17, 15) is 0 Å². The van der Waals surface area contributed by atoms with E-state index in [1.165, 1.54) is 29.3 Å². The van der Waals surface area contributed by atoms with E-state index >= 15 is 0 Å². The van der Waals surface area contributed by atoms with Crippen LogP contribution < -0.4 is 5.32 Å². The number of hydrogen-bond donors (Lipinski definition) is 2. The van der Waals surface area contributed by atoms with Gasteiger partial charge < -0.3 is 10.3 Å². The van der Waals surface area contributed by atoms with Gasteiger partial charge in [-0.25, -0.2) is 0 Å². The van der Waals surface area contributed by atoms with Crippen molar-refractivity contribution >= 4 is 10.9 Å². The number of H-pyrrole nitrogens is 1. The fraction of sp³-hybridized carbons (Fsp3) is 0.333. The molecule has 88 valence electrons. The van der Waals surface area contributed by atoms with E-state index in [1.807, 2.05) is 0 Å². The average molecular weight is 226 g/mol. The maximum absolute atomic E-state index is 3.35. The fourth-order valence-corrected chi connectivity index (χ4v) is 2.53. The Morgan fingerprint density at radius 3 is 2.94 bits per heavy atom. The summed E-state index contributed by atoms with van der Waals surface area (Å²) in [6, 6.07) is 8.54. The Hall–Kier alpha value is -1.54. The van der Waals surface area contributed by atoms with Gasteiger partial charge in [0.1, 0.15) is 0 Å². The summed E-state index contributed by atoms with van der Waals surface area (Å²) in [6.07, 6.45) is 8.06.